The molecule has 1 heterocycles. The molecule has 0 saturated heterocycles. The number of nitrogens with zero attached hydrogens (tertiary/aromatic N) is 2. The summed E-state index contributed by atoms with van der Waals surface area (Å²) in [6.45, 7) is 5.77. The van der Waals surface area contributed by atoms with Crippen molar-refractivity contribution in [1.29, 1.82) is 0 Å². The Kier molecular flexibility index (Phi) is 4.39. The molecule has 1 aromatic carbocycles. The second kappa shape index (κ2) is 6.05. The van der Waals surface area contributed by atoms with Crippen molar-refractivity contribution >= 4 is 28.1 Å². The van der Waals surface area contributed by atoms with Gasteiger partial charge < -0.3 is 10.2 Å². The van der Waals surface area contributed by atoms with E-state index in [1.807, 2.05) is 63.1 Å². The van der Waals surface area contributed by atoms with Gasteiger partial charge in [0.25, 0.3) is 5.91 Å². The lowest BCUT2D eigenvalue weighted by Gasteiger charge is -2.15. The molecule has 106 valence electrons. The first-order chi connectivity index (χ1) is 9.49. The first-order valence-corrected chi connectivity index (χ1v) is 7.37. The lowest BCUT2D eigenvalue weighted by atomic mass is 10.3. The molecule has 0 fully saturated rings. The molecule has 5 heteroatoms. The highest BCUT2D eigenvalue weighted by molar-refractivity contribution is 7.17. The lowest BCUT2D eigenvalue weighted by Crippen LogP contribution is -2.29. The van der Waals surface area contributed by atoms with Gasteiger partial charge in [-0.15, -0.1) is 0 Å². The third kappa shape index (κ3) is 3.17. The molecule has 0 saturated carbocycles. The Morgan fingerprint density at radius 3 is 2.55 bits per heavy atom. The molecule has 1 N–H and O–H groups in total. The zero-order valence-corrected chi connectivity index (χ0v) is 13.0. The Morgan fingerprint density at radius 2 is 1.95 bits per heavy atom. The minimum Gasteiger partial charge on any atom is -0.349 e. The maximum Gasteiger partial charge on any atom is 0.263 e. The molecule has 4 nitrogen and oxygen atoms in total. The highest BCUT2D eigenvalue weighted by atomic mass is 32.1. The summed E-state index contributed by atoms with van der Waals surface area (Å²) < 4.78 is 0. The molecule has 1 aromatic heterocycles. The Morgan fingerprint density at radius 1 is 1.30 bits per heavy atom. The number of carbonyl (C=O) groups is 1. The van der Waals surface area contributed by atoms with E-state index in [9.17, 15) is 4.79 Å². The second-order valence-corrected chi connectivity index (χ2v) is 5.91. The molecule has 0 radical (unpaired) electrons. The maximum absolute atomic E-state index is 12.1. The minimum atomic E-state index is -0.0530. The van der Waals surface area contributed by atoms with E-state index in [1.165, 1.54) is 11.3 Å². The van der Waals surface area contributed by atoms with Gasteiger partial charge in [-0.25, -0.2) is 4.98 Å². The molecule has 0 unspecified atom stereocenters. The summed E-state index contributed by atoms with van der Waals surface area (Å²) in [5.74, 6) is -0.0530. The third-order valence-corrected chi connectivity index (χ3v) is 4.07. The molecule has 0 bridgehead atoms. The van der Waals surface area contributed by atoms with E-state index in [0.717, 1.165) is 16.5 Å². The highest BCUT2D eigenvalue weighted by Gasteiger charge is 2.18. The number of para-hydroxylation sites is 1. The molecule has 2 aromatic rings. The van der Waals surface area contributed by atoms with E-state index in [2.05, 4.69) is 10.3 Å². The normalized spacial score (nSPS) is 10.7. The molecule has 0 spiro atoms. The summed E-state index contributed by atoms with van der Waals surface area (Å²) in [4.78, 5) is 19.3. The number of hydrogen-bond acceptors (Lipinski definition) is 4. The van der Waals surface area contributed by atoms with Crippen molar-refractivity contribution in [1.82, 2.24) is 10.3 Å². The van der Waals surface area contributed by atoms with Gasteiger partial charge in [-0.2, -0.15) is 0 Å². The first kappa shape index (κ1) is 14.5. The number of aryl methyl sites for hydroxylation is 1. The van der Waals surface area contributed by atoms with Gasteiger partial charge in [0.2, 0.25) is 0 Å². The van der Waals surface area contributed by atoms with Crippen molar-refractivity contribution in [3.05, 3.63) is 40.9 Å². The van der Waals surface area contributed by atoms with E-state index in [1.54, 1.807) is 0 Å². The van der Waals surface area contributed by atoms with Crippen molar-refractivity contribution in [3.8, 4) is 0 Å². The Labute approximate surface area is 123 Å². The summed E-state index contributed by atoms with van der Waals surface area (Å²) in [5, 5.41) is 3.73. The number of carbonyl (C=O) groups excluding carboxylic acids is 1. The summed E-state index contributed by atoms with van der Waals surface area (Å²) >= 11 is 1.42. The number of rotatable bonds is 4. The van der Waals surface area contributed by atoms with Crippen LogP contribution in [0, 0.1) is 6.92 Å². The zero-order valence-electron chi connectivity index (χ0n) is 12.2. The summed E-state index contributed by atoms with van der Waals surface area (Å²) in [6.07, 6.45) is 0. The van der Waals surface area contributed by atoms with Gasteiger partial charge in [-0.3, -0.25) is 4.79 Å². The molecule has 0 aliphatic carbocycles. The summed E-state index contributed by atoms with van der Waals surface area (Å²) in [7, 11) is 1.96. The number of aromatic nitrogens is 1. The van der Waals surface area contributed by atoms with Gasteiger partial charge in [0.15, 0.2) is 5.13 Å². The van der Waals surface area contributed by atoms with Crippen LogP contribution in [0.4, 0.5) is 10.8 Å². The third-order valence-electron chi connectivity index (χ3n) is 2.84. The first-order valence-electron chi connectivity index (χ1n) is 6.56. The van der Waals surface area contributed by atoms with Crippen LogP contribution in [0.25, 0.3) is 0 Å². The zero-order chi connectivity index (χ0) is 14.7. The van der Waals surface area contributed by atoms with E-state index in [0.29, 0.717) is 4.88 Å². The Hall–Kier alpha value is -1.88. The molecule has 0 aliphatic rings. The Balaban J connectivity index is 2.25. The smallest absolute Gasteiger partial charge is 0.263 e. The second-order valence-electron chi connectivity index (χ2n) is 4.93. The SMILES string of the molecule is Cc1nc(N(C)c2ccccc2)sc1C(=O)NC(C)C. The predicted molar refractivity (Wildman–Crippen MR) is 84.0 cm³/mol. The van der Waals surface area contributed by atoms with Crippen molar-refractivity contribution in [3.63, 3.8) is 0 Å². The van der Waals surface area contributed by atoms with Gasteiger partial charge in [0.05, 0.1) is 5.69 Å². The number of benzene rings is 1. The van der Waals surface area contributed by atoms with E-state index in [-0.39, 0.29) is 11.9 Å². The highest BCUT2D eigenvalue weighted by Crippen LogP contribution is 2.30. The van der Waals surface area contributed by atoms with Crippen LogP contribution in [-0.4, -0.2) is 24.0 Å². The number of anilines is 2. The lowest BCUT2D eigenvalue weighted by molar-refractivity contribution is 0.0946. The topological polar surface area (TPSA) is 45.2 Å². The Bertz CT molecular complexity index is 592. The van der Waals surface area contributed by atoms with Crippen molar-refractivity contribution in [2.24, 2.45) is 0 Å². The van der Waals surface area contributed by atoms with Crippen LogP contribution in [0.5, 0.6) is 0 Å². The molecule has 0 aliphatic heterocycles. The van der Waals surface area contributed by atoms with Gasteiger partial charge in [0, 0.05) is 18.8 Å². The van der Waals surface area contributed by atoms with Crippen LogP contribution < -0.4 is 10.2 Å². The van der Waals surface area contributed by atoms with Gasteiger partial charge in [-0.05, 0) is 32.9 Å². The van der Waals surface area contributed by atoms with Crippen molar-refractivity contribution in [2.45, 2.75) is 26.8 Å². The van der Waals surface area contributed by atoms with Crippen LogP contribution in [0.2, 0.25) is 0 Å². The van der Waals surface area contributed by atoms with Gasteiger partial charge >= 0.3 is 0 Å². The number of hydrogen-bond donors (Lipinski definition) is 1. The average Bonchev–Trinajstić information content (AvgIpc) is 2.80. The monoisotopic (exact) mass is 289 g/mol. The van der Waals surface area contributed by atoms with Crippen LogP contribution in [0.3, 0.4) is 0 Å². The van der Waals surface area contributed by atoms with Crippen LogP contribution in [0.1, 0.15) is 29.2 Å². The van der Waals surface area contributed by atoms with Gasteiger partial charge in [0.1, 0.15) is 4.88 Å². The number of thiazole rings is 1. The summed E-state index contributed by atoms with van der Waals surface area (Å²) in [6, 6.07) is 10.1. The fraction of sp³-hybridized carbons (Fsp3) is 0.333. The van der Waals surface area contributed by atoms with Crippen LogP contribution >= 0.6 is 11.3 Å². The number of amides is 1. The quantitative estimate of drug-likeness (QED) is 0.938. The summed E-state index contributed by atoms with van der Waals surface area (Å²) in [5.41, 5.74) is 1.82. The molecule has 0 atom stereocenters. The maximum atomic E-state index is 12.1. The number of nitrogens with one attached hydrogen (secondary N) is 1. The van der Waals surface area contributed by atoms with Crippen molar-refractivity contribution < 1.29 is 4.79 Å². The fourth-order valence-electron chi connectivity index (χ4n) is 1.83. The van der Waals surface area contributed by atoms with E-state index < -0.39 is 0 Å². The van der Waals surface area contributed by atoms with Crippen molar-refractivity contribution in [2.75, 3.05) is 11.9 Å². The molecular formula is C15H19N3OS. The van der Waals surface area contributed by atoms with Crippen LogP contribution in [0.15, 0.2) is 30.3 Å². The van der Waals surface area contributed by atoms with Crippen LogP contribution in [-0.2, 0) is 0 Å². The van der Waals surface area contributed by atoms with Gasteiger partial charge in [-0.1, -0.05) is 29.5 Å². The minimum absolute atomic E-state index is 0.0530. The largest absolute Gasteiger partial charge is 0.349 e. The predicted octanol–water partition coefficient (Wildman–Crippen LogP) is 3.36. The molecular weight excluding hydrogens is 270 g/mol. The fourth-order valence-corrected chi connectivity index (χ4v) is 2.78. The molecule has 20 heavy (non-hydrogen) atoms. The molecule has 2 rings (SSSR count). The average molecular weight is 289 g/mol. The van der Waals surface area contributed by atoms with E-state index in [4.69, 9.17) is 0 Å². The van der Waals surface area contributed by atoms with E-state index >= 15 is 0 Å². The molecule has 1 amide bonds. The standard InChI is InChI=1S/C15H19N3OS/c1-10(2)16-14(19)13-11(3)17-15(20-13)18(4)12-8-6-5-7-9-12/h5-10H,1-4H3,(H,16,19).